The molecule has 3 aromatic carbocycles. The van der Waals surface area contributed by atoms with Crippen molar-refractivity contribution in [3.05, 3.63) is 96.4 Å². The Morgan fingerprint density at radius 3 is 2.30 bits per heavy atom. The maximum absolute atomic E-state index is 15.2. The van der Waals surface area contributed by atoms with E-state index in [2.05, 4.69) is 0 Å². The number of rotatable bonds is 13. The second-order valence-electron chi connectivity index (χ2n) is 11.0. The number of hydrogen-bond donors (Lipinski definition) is 0. The van der Waals surface area contributed by atoms with Gasteiger partial charge in [0.15, 0.2) is 29.2 Å². The Morgan fingerprint density at radius 1 is 0.957 bits per heavy atom. The van der Waals surface area contributed by atoms with E-state index in [1.807, 2.05) is 12.1 Å². The average Bonchev–Trinajstić information content (AvgIpc) is 3.07. The molecule has 0 saturated carbocycles. The molecule has 0 radical (unpaired) electrons. The van der Waals surface area contributed by atoms with Gasteiger partial charge in [0.1, 0.15) is 20.0 Å². The smallest absolute Gasteiger partial charge is 0.332 e. The Hall–Kier alpha value is -4.16. The van der Waals surface area contributed by atoms with E-state index in [0.717, 1.165) is 28.7 Å². The monoisotopic (exact) mass is 693 g/mol. The van der Waals surface area contributed by atoms with Gasteiger partial charge in [0.05, 0.1) is 29.1 Å². The topological polar surface area (TPSA) is 92.0 Å². The van der Waals surface area contributed by atoms with Crippen molar-refractivity contribution in [2.45, 2.75) is 45.1 Å². The van der Waals surface area contributed by atoms with Crippen LogP contribution in [0.15, 0.2) is 58.1 Å². The van der Waals surface area contributed by atoms with Crippen LogP contribution in [0.3, 0.4) is 0 Å². The third-order valence-corrected chi connectivity index (χ3v) is 8.41. The zero-order valence-corrected chi connectivity index (χ0v) is 26.9. The first-order valence-electron chi connectivity index (χ1n) is 15.0. The van der Waals surface area contributed by atoms with Crippen LogP contribution in [0.5, 0.6) is 17.2 Å². The fraction of sp³-hybridized carbons (Fsp3) is 0.364. The maximum atomic E-state index is 15.2. The summed E-state index contributed by atoms with van der Waals surface area (Å²) in [4.78, 5) is 40.8. The van der Waals surface area contributed by atoms with Gasteiger partial charge >= 0.3 is 5.69 Å². The van der Waals surface area contributed by atoms with Gasteiger partial charge in [0.2, 0.25) is 6.41 Å². The summed E-state index contributed by atoms with van der Waals surface area (Å²) < 4.78 is 61.0. The minimum Gasteiger partial charge on any atom is -0.490 e. The first-order chi connectivity index (χ1) is 22.7. The van der Waals surface area contributed by atoms with Gasteiger partial charge in [-0.1, -0.05) is 35.3 Å². The molecular formula is C33H32Cl2F3N3O6. The number of aromatic nitrogens is 2. The lowest BCUT2D eigenvalue weighted by Crippen LogP contribution is -2.44. The number of benzene rings is 3. The molecule has 2 heterocycles. The molecule has 4 aromatic rings. The quantitative estimate of drug-likeness (QED) is 0.157. The highest BCUT2D eigenvalue weighted by molar-refractivity contribution is 6.32. The fourth-order valence-corrected chi connectivity index (χ4v) is 5.94. The minimum absolute atomic E-state index is 0.00156. The van der Waals surface area contributed by atoms with Gasteiger partial charge in [0.25, 0.3) is 5.56 Å². The van der Waals surface area contributed by atoms with E-state index in [9.17, 15) is 23.2 Å². The van der Waals surface area contributed by atoms with Gasteiger partial charge in [-0.15, -0.1) is 0 Å². The lowest BCUT2D eigenvalue weighted by atomic mass is 10.0. The number of carbonyl (C=O) groups is 1. The number of amides is 1. The van der Waals surface area contributed by atoms with E-state index < -0.39 is 48.3 Å². The molecule has 250 valence electrons. The largest absolute Gasteiger partial charge is 0.490 e. The van der Waals surface area contributed by atoms with Crippen LogP contribution in [-0.2, 0) is 17.9 Å². The normalized spacial score (nSPS) is 13.7. The first-order valence-corrected chi connectivity index (χ1v) is 15.7. The molecule has 5 rings (SSSR count). The number of hydrogen-bond acceptors (Lipinski definition) is 6. The molecule has 0 spiro atoms. The number of fused-ring (bicyclic) bond motifs is 1. The van der Waals surface area contributed by atoms with Crippen LogP contribution in [0, 0.1) is 5.82 Å². The summed E-state index contributed by atoms with van der Waals surface area (Å²) in [5.74, 6) is -0.945. The average molecular weight is 695 g/mol. The van der Waals surface area contributed by atoms with Crippen LogP contribution in [0.2, 0.25) is 10.0 Å². The summed E-state index contributed by atoms with van der Waals surface area (Å²) in [6.07, 6.45) is -0.104. The SMILES string of the molecule is CCOc1cc(Cn2c(=O)c3cc(OC(CF)CF)c(F)cc3n(C3CCN(C=O)CC3)c2=O)cc(Cl)c1OCc1ccc(Cl)cc1. The van der Waals surface area contributed by atoms with E-state index in [-0.39, 0.29) is 41.4 Å². The van der Waals surface area contributed by atoms with Crippen molar-refractivity contribution < 1.29 is 32.2 Å². The molecule has 0 bridgehead atoms. The lowest BCUT2D eigenvalue weighted by Gasteiger charge is -2.31. The van der Waals surface area contributed by atoms with Crippen LogP contribution < -0.4 is 25.5 Å². The summed E-state index contributed by atoms with van der Waals surface area (Å²) in [5, 5.41) is 0.670. The Labute approximate surface area is 278 Å². The van der Waals surface area contributed by atoms with Crippen LogP contribution in [0.1, 0.15) is 36.9 Å². The highest BCUT2D eigenvalue weighted by atomic mass is 35.5. The molecule has 1 amide bonds. The molecular weight excluding hydrogens is 662 g/mol. The van der Waals surface area contributed by atoms with E-state index in [1.54, 1.807) is 36.1 Å². The Bertz CT molecular complexity index is 1860. The minimum atomic E-state index is -1.57. The van der Waals surface area contributed by atoms with Crippen LogP contribution in [0.25, 0.3) is 10.9 Å². The Balaban J connectivity index is 1.58. The van der Waals surface area contributed by atoms with Crippen molar-refractivity contribution in [1.82, 2.24) is 14.0 Å². The van der Waals surface area contributed by atoms with Gasteiger partial charge in [-0.05, 0) is 61.2 Å². The number of carbonyl (C=O) groups excluding carboxylic acids is 1. The molecule has 14 heteroatoms. The molecule has 47 heavy (non-hydrogen) atoms. The summed E-state index contributed by atoms with van der Waals surface area (Å²) in [7, 11) is 0. The van der Waals surface area contributed by atoms with Gasteiger partial charge in [-0.25, -0.2) is 18.0 Å². The van der Waals surface area contributed by atoms with E-state index >= 15 is 4.39 Å². The standard InChI is InChI=1S/C33H32Cl2F3N3O6/c1-2-45-30-12-21(11-26(35)31(30)46-18-20-3-5-22(34)6-4-20)17-40-32(43)25-13-29(47-24(15-36)16-37)27(38)14-28(25)41(33(40)44)23-7-9-39(19-42)10-8-23/h3-6,11-14,19,23-24H,2,7-10,15-18H2,1H3. The van der Waals surface area contributed by atoms with Gasteiger partial charge in [-0.3, -0.25) is 18.7 Å². The summed E-state index contributed by atoms with van der Waals surface area (Å²) in [6.45, 7) is 0.247. The predicted molar refractivity (Wildman–Crippen MR) is 172 cm³/mol. The number of halogens is 5. The van der Waals surface area contributed by atoms with Gasteiger partial charge < -0.3 is 19.1 Å². The molecule has 1 aliphatic rings. The van der Waals surface area contributed by atoms with Crippen molar-refractivity contribution in [3.8, 4) is 17.2 Å². The van der Waals surface area contributed by atoms with Crippen molar-refractivity contribution >= 4 is 40.5 Å². The van der Waals surface area contributed by atoms with Crippen LogP contribution in [-0.4, -0.2) is 59.6 Å². The van der Waals surface area contributed by atoms with Crippen molar-refractivity contribution in [2.75, 3.05) is 33.0 Å². The summed E-state index contributed by atoms with van der Waals surface area (Å²) in [6, 6.07) is 11.8. The molecule has 0 atom stereocenters. The van der Waals surface area contributed by atoms with E-state index in [4.69, 9.17) is 37.4 Å². The first kappa shape index (κ1) is 34.2. The molecule has 1 fully saturated rings. The number of ether oxygens (including phenoxy) is 3. The third-order valence-electron chi connectivity index (χ3n) is 7.88. The third kappa shape index (κ3) is 7.54. The lowest BCUT2D eigenvalue weighted by molar-refractivity contribution is -0.119. The fourth-order valence-electron chi connectivity index (χ4n) is 5.53. The second-order valence-corrected chi connectivity index (χ2v) is 11.9. The van der Waals surface area contributed by atoms with Gasteiger partial charge in [0, 0.05) is 30.2 Å². The number of likely N-dealkylation sites (tertiary alicyclic amines) is 1. The zero-order chi connectivity index (χ0) is 33.7. The Morgan fingerprint density at radius 2 is 1.66 bits per heavy atom. The highest BCUT2D eigenvalue weighted by Crippen LogP contribution is 2.38. The highest BCUT2D eigenvalue weighted by Gasteiger charge is 2.27. The maximum Gasteiger partial charge on any atom is 0.332 e. The number of nitrogens with zero attached hydrogens (tertiary/aromatic N) is 3. The summed E-state index contributed by atoms with van der Waals surface area (Å²) in [5.41, 5.74) is -0.204. The molecule has 1 saturated heterocycles. The van der Waals surface area contributed by atoms with Crippen LogP contribution >= 0.6 is 23.2 Å². The molecule has 0 N–H and O–H groups in total. The number of piperidine rings is 1. The van der Waals surface area contributed by atoms with E-state index in [1.165, 1.54) is 4.57 Å². The van der Waals surface area contributed by atoms with Crippen LogP contribution in [0.4, 0.5) is 13.2 Å². The molecule has 1 aliphatic heterocycles. The molecule has 0 aliphatic carbocycles. The zero-order valence-electron chi connectivity index (χ0n) is 25.4. The van der Waals surface area contributed by atoms with Crippen molar-refractivity contribution in [2.24, 2.45) is 0 Å². The second kappa shape index (κ2) is 15.2. The molecule has 1 aromatic heterocycles. The molecule has 0 unspecified atom stereocenters. The van der Waals surface area contributed by atoms with Crippen molar-refractivity contribution in [3.63, 3.8) is 0 Å². The predicted octanol–water partition coefficient (Wildman–Crippen LogP) is 6.11. The summed E-state index contributed by atoms with van der Waals surface area (Å²) >= 11 is 12.6. The van der Waals surface area contributed by atoms with Crippen molar-refractivity contribution in [1.29, 1.82) is 0 Å². The Kier molecular flexibility index (Phi) is 11.0. The van der Waals surface area contributed by atoms with Gasteiger partial charge in [-0.2, -0.15) is 0 Å². The van der Waals surface area contributed by atoms with E-state index in [0.29, 0.717) is 42.3 Å². The molecule has 9 nitrogen and oxygen atoms in total. The number of alkyl halides is 2.